The molecular weight excluding hydrogens is 363 g/mol. The van der Waals surface area contributed by atoms with Crippen LogP contribution in [-0.4, -0.2) is 12.5 Å². The molecule has 0 saturated heterocycles. The monoisotopic (exact) mass is 380 g/mol. The number of nitrogens with two attached hydrogens (primary N) is 1. The molecule has 1 aromatic carbocycles. The normalized spacial score (nSPS) is 12.6. The molecule has 3 nitrogen and oxygen atoms in total. The number of benzene rings is 1. The molecule has 6 heteroatoms. The van der Waals surface area contributed by atoms with Crippen LogP contribution >= 0.6 is 39.1 Å². The Balaban J connectivity index is 2.71. The van der Waals surface area contributed by atoms with E-state index in [1.807, 2.05) is 0 Å². The zero-order chi connectivity index (χ0) is 15.3. The SMILES string of the molecule is CC(C)CC(CN)CC(=O)Nc1c(Cl)cc(Br)cc1Cl. The van der Waals surface area contributed by atoms with E-state index < -0.39 is 0 Å². The summed E-state index contributed by atoms with van der Waals surface area (Å²) in [7, 11) is 0. The summed E-state index contributed by atoms with van der Waals surface area (Å²) in [5.74, 6) is 0.562. The van der Waals surface area contributed by atoms with E-state index in [2.05, 4.69) is 35.1 Å². The molecule has 3 N–H and O–H groups in total. The van der Waals surface area contributed by atoms with Gasteiger partial charge in [-0.2, -0.15) is 0 Å². The zero-order valence-electron chi connectivity index (χ0n) is 11.6. The molecule has 0 bridgehead atoms. The smallest absolute Gasteiger partial charge is 0.224 e. The largest absolute Gasteiger partial charge is 0.330 e. The van der Waals surface area contributed by atoms with Gasteiger partial charge in [-0.1, -0.05) is 53.0 Å². The number of nitrogens with one attached hydrogen (secondary N) is 1. The van der Waals surface area contributed by atoms with Crippen LogP contribution in [0.2, 0.25) is 10.0 Å². The summed E-state index contributed by atoms with van der Waals surface area (Å²) < 4.78 is 0.769. The number of hydrogen-bond acceptors (Lipinski definition) is 2. The van der Waals surface area contributed by atoms with E-state index in [0.29, 0.717) is 34.6 Å². The number of hydrogen-bond donors (Lipinski definition) is 2. The molecule has 0 aliphatic rings. The Labute approximate surface area is 138 Å². The van der Waals surface area contributed by atoms with Crippen molar-refractivity contribution in [2.45, 2.75) is 26.7 Å². The third-order valence-electron chi connectivity index (χ3n) is 2.88. The molecule has 1 amide bonds. The topological polar surface area (TPSA) is 55.1 Å². The van der Waals surface area contributed by atoms with Gasteiger partial charge in [-0.3, -0.25) is 4.79 Å². The van der Waals surface area contributed by atoms with Crippen LogP contribution in [0.3, 0.4) is 0 Å². The molecule has 1 atom stereocenters. The number of anilines is 1. The number of amides is 1. The Kier molecular flexibility index (Phi) is 7.30. The molecule has 0 radical (unpaired) electrons. The molecule has 20 heavy (non-hydrogen) atoms. The lowest BCUT2D eigenvalue weighted by atomic mass is 9.94. The van der Waals surface area contributed by atoms with Gasteiger partial charge in [0.25, 0.3) is 0 Å². The van der Waals surface area contributed by atoms with Crippen molar-refractivity contribution in [2.75, 3.05) is 11.9 Å². The van der Waals surface area contributed by atoms with Crippen molar-refractivity contribution in [3.8, 4) is 0 Å². The first-order chi connectivity index (χ1) is 9.33. The van der Waals surface area contributed by atoms with Crippen molar-refractivity contribution in [1.82, 2.24) is 0 Å². The second-order valence-corrected chi connectivity index (χ2v) is 6.96. The van der Waals surface area contributed by atoms with E-state index in [4.69, 9.17) is 28.9 Å². The van der Waals surface area contributed by atoms with Crippen molar-refractivity contribution in [2.24, 2.45) is 17.6 Å². The van der Waals surface area contributed by atoms with Gasteiger partial charge >= 0.3 is 0 Å². The third kappa shape index (κ3) is 5.60. The fourth-order valence-electron chi connectivity index (χ4n) is 2.04. The van der Waals surface area contributed by atoms with Crippen LogP contribution in [0.5, 0.6) is 0 Å². The summed E-state index contributed by atoms with van der Waals surface area (Å²) in [6, 6.07) is 3.38. The maximum Gasteiger partial charge on any atom is 0.224 e. The van der Waals surface area contributed by atoms with Gasteiger partial charge in [-0.25, -0.2) is 0 Å². The van der Waals surface area contributed by atoms with E-state index in [-0.39, 0.29) is 11.8 Å². The number of carbonyl (C=O) groups is 1. The Hall–Kier alpha value is -0.290. The lowest BCUT2D eigenvalue weighted by molar-refractivity contribution is -0.117. The van der Waals surface area contributed by atoms with E-state index in [1.54, 1.807) is 12.1 Å². The van der Waals surface area contributed by atoms with Crippen molar-refractivity contribution in [3.63, 3.8) is 0 Å². The van der Waals surface area contributed by atoms with Gasteiger partial charge in [0.1, 0.15) is 0 Å². The van der Waals surface area contributed by atoms with Crippen LogP contribution in [-0.2, 0) is 4.79 Å². The van der Waals surface area contributed by atoms with Crippen LogP contribution in [0.25, 0.3) is 0 Å². The van der Waals surface area contributed by atoms with Crippen LogP contribution in [0.4, 0.5) is 5.69 Å². The highest BCUT2D eigenvalue weighted by Gasteiger charge is 2.16. The minimum Gasteiger partial charge on any atom is -0.330 e. The highest BCUT2D eigenvalue weighted by molar-refractivity contribution is 9.10. The molecule has 112 valence electrons. The van der Waals surface area contributed by atoms with Gasteiger partial charge in [0.15, 0.2) is 0 Å². The van der Waals surface area contributed by atoms with Crippen LogP contribution < -0.4 is 11.1 Å². The van der Waals surface area contributed by atoms with E-state index >= 15 is 0 Å². The lowest BCUT2D eigenvalue weighted by Crippen LogP contribution is -2.23. The molecule has 0 saturated carbocycles. The number of carbonyl (C=O) groups excluding carboxylic acids is 1. The van der Waals surface area contributed by atoms with Crippen LogP contribution in [0.15, 0.2) is 16.6 Å². The average Bonchev–Trinajstić information content (AvgIpc) is 2.32. The molecule has 1 unspecified atom stereocenters. The summed E-state index contributed by atoms with van der Waals surface area (Å²) in [4.78, 5) is 12.1. The summed E-state index contributed by atoms with van der Waals surface area (Å²) >= 11 is 15.5. The molecular formula is C14H19BrCl2N2O. The van der Waals surface area contributed by atoms with Gasteiger partial charge in [-0.05, 0) is 36.9 Å². The van der Waals surface area contributed by atoms with Gasteiger partial charge < -0.3 is 11.1 Å². The molecule has 0 aliphatic carbocycles. The Bertz CT molecular complexity index is 457. The second-order valence-electron chi connectivity index (χ2n) is 5.23. The molecule has 0 heterocycles. The molecule has 1 rings (SSSR count). The molecule has 0 fully saturated rings. The van der Waals surface area contributed by atoms with Gasteiger partial charge in [-0.15, -0.1) is 0 Å². The first kappa shape index (κ1) is 17.8. The van der Waals surface area contributed by atoms with Gasteiger partial charge in [0.2, 0.25) is 5.91 Å². The lowest BCUT2D eigenvalue weighted by Gasteiger charge is -2.17. The van der Waals surface area contributed by atoms with Crippen molar-refractivity contribution < 1.29 is 4.79 Å². The number of rotatable bonds is 6. The summed E-state index contributed by atoms with van der Waals surface area (Å²) in [6.45, 7) is 4.72. The first-order valence-electron chi connectivity index (χ1n) is 6.48. The van der Waals surface area contributed by atoms with Crippen LogP contribution in [0.1, 0.15) is 26.7 Å². The molecule has 1 aromatic rings. The van der Waals surface area contributed by atoms with E-state index in [0.717, 1.165) is 10.9 Å². The Morgan fingerprint density at radius 3 is 2.35 bits per heavy atom. The second kappa shape index (κ2) is 8.23. The predicted molar refractivity (Wildman–Crippen MR) is 89.4 cm³/mol. The summed E-state index contributed by atoms with van der Waals surface area (Å²) in [5.41, 5.74) is 6.15. The highest BCUT2D eigenvalue weighted by atomic mass is 79.9. The predicted octanol–water partition coefficient (Wildman–Crippen LogP) is 4.71. The minimum absolute atomic E-state index is 0.118. The van der Waals surface area contributed by atoms with E-state index in [1.165, 1.54) is 0 Å². The Morgan fingerprint density at radius 2 is 1.90 bits per heavy atom. The maximum atomic E-state index is 12.1. The fourth-order valence-corrected chi connectivity index (χ4v) is 3.35. The van der Waals surface area contributed by atoms with Crippen LogP contribution in [0, 0.1) is 11.8 Å². The van der Waals surface area contributed by atoms with E-state index in [9.17, 15) is 4.79 Å². The molecule has 0 aromatic heterocycles. The third-order valence-corrected chi connectivity index (χ3v) is 3.94. The average molecular weight is 382 g/mol. The first-order valence-corrected chi connectivity index (χ1v) is 8.02. The highest BCUT2D eigenvalue weighted by Crippen LogP contribution is 2.34. The minimum atomic E-state index is -0.118. The Morgan fingerprint density at radius 1 is 1.35 bits per heavy atom. The van der Waals surface area contributed by atoms with Gasteiger partial charge in [0, 0.05) is 10.9 Å². The standard InChI is InChI=1S/C14H19BrCl2N2O/c1-8(2)3-9(7-18)4-13(20)19-14-11(16)5-10(15)6-12(14)17/h5-6,8-9H,3-4,7,18H2,1-2H3,(H,19,20). The quantitative estimate of drug-likeness (QED) is 0.749. The van der Waals surface area contributed by atoms with Crippen molar-refractivity contribution in [3.05, 3.63) is 26.7 Å². The maximum absolute atomic E-state index is 12.1. The molecule has 0 spiro atoms. The summed E-state index contributed by atoms with van der Waals surface area (Å²) in [5, 5.41) is 3.58. The fraction of sp³-hybridized carbons (Fsp3) is 0.500. The molecule has 0 aliphatic heterocycles. The number of halogens is 3. The zero-order valence-corrected chi connectivity index (χ0v) is 14.6. The van der Waals surface area contributed by atoms with Crippen molar-refractivity contribution in [1.29, 1.82) is 0 Å². The summed E-state index contributed by atoms with van der Waals surface area (Å²) in [6.07, 6.45) is 1.29. The van der Waals surface area contributed by atoms with Gasteiger partial charge in [0.05, 0.1) is 15.7 Å². The van der Waals surface area contributed by atoms with Crippen molar-refractivity contribution >= 4 is 50.7 Å².